The average Bonchev–Trinajstić information content (AvgIpc) is 3.34. The summed E-state index contributed by atoms with van der Waals surface area (Å²) in [6.45, 7) is 8.52. The molecule has 1 amide bonds. The highest BCUT2D eigenvalue weighted by atomic mass is 32.2. The van der Waals surface area contributed by atoms with Crippen molar-refractivity contribution >= 4 is 45.3 Å². The zero-order chi connectivity index (χ0) is 19.4. The first kappa shape index (κ1) is 19.4. The lowest BCUT2D eigenvalue weighted by molar-refractivity contribution is -0.113. The maximum Gasteiger partial charge on any atom is 0.235 e. The number of nitriles is 1. The third kappa shape index (κ3) is 4.13. The first-order valence-corrected chi connectivity index (χ1v) is 10.8. The Balaban J connectivity index is 1.75. The second-order valence-corrected chi connectivity index (χ2v) is 8.59. The van der Waals surface area contributed by atoms with Gasteiger partial charge in [-0.1, -0.05) is 17.8 Å². The number of thiophene rings is 2. The Labute approximate surface area is 169 Å². The highest BCUT2D eigenvalue weighted by Gasteiger charge is 2.18. The Morgan fingerprint density at radius 2 is 2.26 bits per heavy atom. The maximum absolute atomic E-state index is 12.2. The first-order valence-electron chi connectivity index (χ1n) is 8.04. The number of thioether (sulfide) groups is 1. The maximum atomic E-state index is 12.2. The predicted octanol–water partition coefficient (Wildman–Crippen LogP) is 4.47. The first-order chi connectivity index (χ1) is 13.0. The van der Waals surface area contributed by atoms with Crippen molar-refractivity contribution in [1.82, 2.24) is 14.8 Å². The highest BCUT2D eigenvalue weighted by Crippen LogP contribution is 2.31. The molecule has 0 aliphatic heterocycles. The average molecular weight is 416 g/mol. The summed E-state index contributed by atoms with van der Waals surface area (Å²) in [4.78, 5) is 13.5. The molecule has 3 aromatic heterocycles. The smallest absolute Gasteiger partial charge is 0.235 e. The van der Waals surface area contributed by atoms with Gasteiger partial charge in [0.1, 0.15) is 11.1 Å². The number of carbonyl (C=O) groups is 1. The summed E-state index contributed by atoms with van der Waals surface area (Å²) >= 11 is 4.33. The summed E-state index contributed by atoms with van der Waals surface area (Å²) < 4.78 is 1.96. The number of hydrogen-bond donors (Lipinski definition) is 1. The molecule has 0 aromatic carbocycles. The molecule has 0 bridgehead atoms. The number of hydrogen-bond acceptors (Lipinski definition) is 7. The molecule has 27 heavy (non-hydrogen) atoms. The van der Waals surface area contributed by atoms with Crippen LogP contribution in [0.2, 0.25) is 0 Å². The molecule has 0 radical (unpaired) electrons. The summed E-state index contributed by atoms with van der Waals surface area (Å²) in [6, 6.07) is 3.75. The number of nitrogens with zero attached hydrogens (tertiary/aromatic N) is 4. The van der Waals surface area contributed by atoms with Gasteiger partial charge in [0, 0.05) is 22.4 Å². The molecule has 6 nitrogen and oxygen atoms in total. The van der Waals surface area contributed by atoms with Crippen molar-refractivity contribution in [3.63, 3.8) is 0 Å². The predicted molar refractivity (Wildman–Crippen MR) is 111 cm³/mol. The van der Waals surface area contributed by atoms with E-state index in [2.05, 4.69) is 47.4 Å². The Morgan fingerprint density at radius 1 is 1.44 bits per heavy atom. The van der Waals surface area contributed by atoms with Gasteiger partial charge in [-0.2, -0.15) is 5.26 Å². The van der Waals surface area contributed by atoms with Crippen molar-refractivity contribution in [2.24, 2.45) is 0 Å². The second kappa shape index (κ2) is 8.52. The van der Waals surface area contributed by atoms with Gasteiger partial charge in [-0.05, 0) is 30.9 Å². The lowest BCUT2D eigenvalue weighted by atomic mass is 10.1. The summed E-state index contributed by atoms with van der Waals surface area (Å²) in [5, 5.41) is 25.5. The number of amides is 1. The molecular formula is C18H17N5OS3. The number of carbonyl (C=O) groups excluding carboxylic acids is 1. The molecule has 1 N–H and O–H groups in total. The van der Waals surface area contributed by atoms with Gasteiger partial charge in [0.2, 0.25) is 5.91 Å². The molecule has 0 unspecified atom stereocenters. The minimum absolute atomic E-state index is 0.180. The van der Waals surface area contributed by atoms with Crippen LogP contribution in [0.4, 0.5) is 5.00 Å². The van der Waals surface area contributed by atoms with E-state index in [0.717, 1.165) is 11.4 Å². The van der Waals surface area contributed by atoms with Gasteiger partial charge in [0.25, 0.3) is 0 Å². The Bertz CT molecular complexity index is 1020. The van der Waals surface area contributed by atoms with Crippen molar-refractivity contribution in [2.45, 2.75) is 25.5 Å². The van der Waals surface area contributed by atoms with Crippen LogP contribution in [0.5, 0.6) is 0 Å². The number of aromatic nitrogens is 3. The van der Waals surface area contributed by atoms with Gasteiger partial charge >= 0.3 is 0 Å². The van der Waals surface area contributed by atoms with Crippen LogP contribution in [0.15, 0.2) is 34.6 Å². The van der Waals surface area contributed by atoms with E-state index in [0.29, 0.717) is 22.3 Å². The van der Waals surface area contributed by atoms with Gasteiger partial charge in [-0.15, -0.1) is 39.4 Å². The molecule has 0 atom stereocenters. The van der Waals surface area contributed by atoms with E-state index in [9.17, 15) is 4.79 Å². The number of rotatable bonds is 7. The topological polar surface area (TPSA) is 83.6 Å². The van der Waals surface area contributed by atoms with Gasteiger partial charge in [0.15, 0.2) is 11.0 Å². The molecule has 3 rings (SSSR count). The normalized spacial score (nSPS) is 10.6. The fourth-order valence-electron chi connectivity index (χ4n) is 2.41. The van der Waals surface area contributed by atoms with Crippen LogP contribution in [0, 0.1) is 25.2 Å². The second-order valence-electron chi connectivity index (χ2n) is 5.65. The third-order valence-electron chi connectivity index (χ3n) is 3.93. The number of anilines is 1. The van der Waals surface area contributed by atoms with Crippen LogP contribution in [0.25, 0.3) is 11.4 Å². The van der Waals surface area contributed by atoms with Crippen LogP contribution in [-0.2, 0) is 11.3 Å². The van der Waals surface area contributed by atoms with Crippen molar-refractivity contribution in [1.29, 1.82) is 5.26 Å². The molecule has 0 aliphatic carbocycles. The summed E-state index contributed by atoms with van der Waals surface area (Å²) in [7, 11) is 0. The zero-order valence-corrected chi connectivity index (χ0v) is 17.3. The lowest BCUT2D eigenvalue weighted by Crippen LogP contribution is -2.14. The minimum Gasteiger partial charge on any atom is -0.316 e. The summed E-state index contributed by atoms with van der Waals surface area (Å²) in [5.74, 6) is 0.778. The summed E-state index contributed by atoms with van der Waals surface area (Å²) in [6.07, 6.45) is 1.79. The molecule has 3 aromatic rings. The van der Waals surface area contributed by atoms with E-state index in [1.807, 2.05) is 4.57 Å². The summed E-state index contributed by atoms with van der Waals surface area (Å²) in [5.41, 5.74) is 2.72. The van der Waals surface area contributed by atoms with E-state index < -0.39 is 0 Å². The molecule has 3 heterocycles. The van der Waals surface area contributed by atoms with E-state index in [-0.39, 0.29) is 11.7 Å². The van der Waals surface area contributed by atoms with E-state index >= 15 is 0 Å². The SMILES string of the molecule is C=CCn1c(SCC(=O)Nc2sccc2C#N)nnc1-c1csc(C)c1C. The van der Waals surface area contributed by atoms with Gasteiger partial charge in [-0.3, -0.25) is 9.36 Å². The number of allylic oxidation sites excluding steroid dienone is 1. The van der Waals surface area contributed by atoms with Crippen LogP contribution in [0.1, 0.15) is 16.0 Å². The quantitative estimate of drug-likeness (QED) is 0.454. The van der Waals surface area contributed by atoms with E-state index in [1.54, 1.807) is 28.9 Å². The molecule has 0 spiro atoms. The van der Waals surface area contributed by atoms with Gasteiger partial charge in [0.05, 0.1) is 11.3 Å². The molecule has 9 heteroatoms. The van der Waals surface area contributed by atoms with Crippen LogP contribution in [-0.4, -0.2) is 26.4 Å². The molecule has 0 aliphatic rings. The van der Waals surface area contributed by atoms with Crippen molar-refractivity contribution in [2.75, 3.05) is 11.1 Å². The number of nitrogens with one attached hydrogen (secondary N) is 1. The standard InChI is InChI=1S/C18H17N5OS3/c1-4-6-23-16(14-9-26-12(3)11(14)2)21-22-18(23)27-10-15(24)20-17-13(8-19)5-7-25-17/h4-5,7,9H,1,6,10H2,2-3H3,(H,20,24). The van der Waals surface area contributed by atoms with Crippen LogP contribution in [0.3, 0.4) is 0 Å². The van der Waals surface area contributed by atoms with Gasteiger partial charge in [-0.25, -0.2) is 0 Å². The van der Waals surface area contributed by atoms with Crippen LogP contribution >= 0.6 is 34.4 Å². The number of aryl methyl sites for hydroxylation is 1. The third-order valence-corrected chi connectivity index (χ3v) is 6.74. The highest BCUT2D eigenvalue weighted by molar-refractivity contribution is 7.99. The zero-order valence-electron chi connectivity index (χ0n) is 14.9. The molecule has 0 fully saturated rings. The van der Waals surface area contributed by atoms with Crippen molar-refractivity contribution in [3.05, 3.63) is 45.5 Å². The minimum atomic E-state index is -0.184. The van der Waals surface area contributed by atoms with Crippen LogP contribution < -0.4 is 5.32 Å². The van der Waals surface area contributed by atoms with E-state index in [4.69, 9.17) is 5.26 Å². The molecule has 0 saturated heterocycles. The fourth-order valence-corrected chi connectivity index (χ4v) is 4.77. The van der Waals surface area contributed by atoms with E-state index in [1.165, 1.54) is 33.5 Å². The largest absolute Gasteiger partial charge is 0.316 e. The Hall–Kier alpha value is -2.41. The molecule has 0 saturated carbocycles. The van der Waals surface area contributed by atoms with Gasteiger partial charge < -0.3 is 5.32 Å². The Morgan fingerprint density at radius 3 is 2.93 bits per heavy atom. The fraction of sp³-hybridized carbons (Fsp3) is 0.222. The van der Waals surface area contributed by atoms with Crippen molar-refractivity contribution in [3.8, 4) is 17.5 Å². The lowest BCUT2D eigenvalue weighted by Gasteiger charge is -2.08. The monoisotopic (exact) mass is 415 g/mol. The molecular weight excluding hydrogens is 398 g/mol. The molecule has 138 valence electrons. The Kier molecular flexibility index (Phi) is 6.11. The van der Waals surface area contributed by atoms with Crippen molar-refractivity contribution < 1.29 is 4.79 Å².